The Hall–Kier alpha value is -1.74. The van der Waals surface area contributed by atoms with E-state index in [0.29, 0.717) is 6.54 Å². The maximum absolute atomic E-state index is 6.11. The standard InChI is InChI=1S/C18H23ClN6.HI/c1-3-20-18(23-12-15-7-9-24-25(15)2)21-8-6-13-11-22-17-5-4-14(19)10-16(13)17;/h4-5,7,9-11,22H,3,6,8,12H2,1-2H3,(H2,20,21,23);1H. The largest absolute Gasteiger partial charge is 0.361 e. The van der Waals surface area contributed by atoms with Crippen LogP contribution in [0.4, 0.5) is 0 Å². The van der Waals surface area contributed by atoms with Crippen LogP contribution < -0.4 is 10.6 Å². The molecule has 0 atom stereocenters. The molecule has 0 aliphatic heterocycles. The minimum absolute atomic E-state index is 0. The number of rotatable bonds is 6. The molecule has 3 rings (SSSR count). The summed E-state index contributed by atoms with van der Waals surface area (Å²) in [4.78, 5) is 7.90. The number of nitrogens with zero attached hydrogens (tertiary/aromatic N) is 3. The van der Waals surface area contributed by atoms with Gasteiger partial charge < -0.3 is 15.6 Å². The number of aromatic amines is 1. The zero-order valence-corrected chi connectivity index (χ0v) is 18.0. The molecule has 8 heteroatoms. The number of H-pyrrole nitrogens is 1. The zero-order chi connectivity index (χ0) is 17.6. The molecule has 140 valence electrons. The first-order chi connectivity index (χ1) is 12.2. The number of aryl methyl sites for hydroxylation is 1. The predicted molar refractivity (Wildman–Crippen MR) is 118 cm³/mol. The van der Waals surface area contributed by atoms with Crippen molar-refractivity contribution in [2.75, 3.05) is 13.1 Å². The number of aliphatic imine (C=N–C) groups is 1. The van der Waals surface area contributed by atoms with Gasteiger partial charge in [0, 0.05) is 48.5 Å². The number of hydrogen-bond donors (Lipinski definition) is 3. The van der Waals surface area contributed by atoms with Crippen molar-refractivity contribution < 1.29 is 0 Å². The van der Waals surface area contributed by atoms with E-state index < -0.39 is 0 Å². The van der Waals surface area contributed by atoms with Crippen LogP contribution in [-0.4, -0.2) is 33.8 Å². The summed E-state index contributed by atoms with van der Waals surface area (Å²) in [5.41, 5.74) is 3.42. The van der Waals surface area contributed by atoms with Crippen LogP contribution in [0.1, 0.15) is 18.2 Å². The van der Waals surface area contributed by atoms with Gasteiger partial charge >= 0.3 is 0 Å². The van der Waals surface area contributed by atoms with E-state index in [1.807, 2.05) is 42.2 Å². The number of hydrogen-bond acceptors (Lipinski definition) is 2. The lowest BCUT2D eigenvalue weighted by Gasteiger charge is -2.11. The molecule has 0 aliphatic carbocycles. The van der Waals surface area contributed by atoms with E-state index >= 15 is 0 Å². The molecule has 2 heterocycles. The van der Waals surface area contributed by atoms with E-state index in [0.717, 1.165) is 41.7 Å². The number of guanidine groups is 1. The maximum Gasteiger partial charge on any atom is 0.191 e. The van der Waals surface area contributed by atoms with Crippen LogP contribution in [0, 0.1) is 0 Å². The van der Waals surface area contributed by atoms with Crippen molar-refractivity contribution in [2.24, 2.45) is 12.0 Å². The smallest absolute Gasteiger partial charge is 0.191 e. The van der Waals surface area contributed by atoms with Gasteiger partial charge in [0.1, 0.15) is 0 Å². The third-order valence-corrected chi connectivity index (χ3v) is 4.32. The summed E-state index contributed by atoms with van der Waals surface area (Å²) < 4.78 is 1.84. The Morgan fingerprint density at radius 1 is 1.31 bits per heavy atom. The van der Waals surface area contributed by atoms with Crippen LogP contribution >= 0.6 is 35.6 Å². The SMILES string of the molecule is CCNC(=NCc1ccnn1C)NCCc1c[nH]c2ccc(Cl)cc12.I. The molecular weight excluding hydrogens is 463 g/mol. The Balaban J connectivity index is 0.00000243. The number of fused-ring (bicyclic) bond motifs is 1. The first kappa shape index (κ1) is 20.6. The van der Waals surface area contributed by atoms with Gasteiger partial charge in [-0.15, -0.1) is 24.0 Å². The van der Waals surface area contributed by atoms with E-state index in [1.54, 1.807) is 6.20 Å². The molecule has 0 saturated heterocycles. The second-order valence-corrected chi connectivity index (χ2v) is 6.26. The third-order valence-electron chi connectivity index (χ3n) is 4.08. The number of benzene rings is 1. The second kappa shape index (κ2) is 9.82. The summed E-state index contributed by atoms with van der Waals surface area (Å²) >= 11 is 6.11. The van der Waals surface area contributed by atoms with E-state index in [2.05, 4.69) is 32.6 Å². The van der Waals surface area contributed by atoms with E-state index in [-0.39, 0.29) is 24.0 Å². The van der Waals surface area contributed by atoms with Crippen LogP contribution in [0.3, 0.4) is 0 Å². The van der Waals surface area contributed by atoms with E-state index in [4.69, 9.17) is 11.6 Å². The lowest BCUT2D eigenvalue weighted by atomic mass is 10.1. The van der Waals surface area contributed by atoms with E-state index in [1.165, 1.54) is 10.9 Å². The van der Waals surface area contributed by atoms with Crippen molar-refractivity contribution in [1.82, 2.24) is 25.4 Å². The molecular formula is C18H24ClIN6. The van der Waals surface area contributed by atoms with Crippen molar-refractivity contribution in [3.63, 3.8) is 0 Å². The highest BCUT2D eigenvalue weighted by Crippen LogP contribution is 2.22. The Morgan fingerprint density at radius 2 is 2.15 bits per heavy atom. The van der Waals surface area contributed by atoms with Gasteiger partial charge in [-0.3, -0.25) is 4.68 Å². The maximum atomic E-state index is 6.11. The molecule has 0 fully saturated rings. The van der Waals surface area contributed by atoms with Crippen LogP contribution in [0.25, 0.3) is 10.9 Å². The normalized spacial score (nSPS) is 11.4. The summed E-state index contributed by atoms with van der Waals surface area (Å²) in [6.07, 6.45) is 4.71. The number of nitrogens with one attached hydrogen (secondary N) is 3. The second-order valence-electron chi connectivity index (χ2n) is 5.82. The average molecular weight is 487 g/mol. The molecule has 3 N–H and O–H groups in total. The fourth-order valence-electron chi connectivity index (χ4n) is 2.73. The summed E-state index contributed by atoms with van der Waals surface area (Å²) in [6, 6.07) is 7.89. The average Bonchev–Trinajstić information content (AvgIpc) is 3.19. The monoisotopic (exact) mass is 486 g/mol. The van der Waals surface area contributed by atoms with Crippen molar-refractivity contribution in [1.29, 1.82) is 0 Å². The van der Waals surface area contributed by atoms with Gasteiger partial charge in [0.2, 0.25) is 0 Å². The minimum atomic E-state index is 0. The molecule has 0 spiro atoms. The van der Waals surface area contributed by atoms with Crippen LogP contribution in [0.2, 0.25) is 5.02 Å². The molecule has 6 nitrogen and oxygen atoms in total. The lowest BCUT2D eigenvalue weighted by Crippen LogP contribution is -2.38. The highest BCUT2D eigenvalue weighted by molar-refractivity contribution is 14.0. The van der Waals surface area contributed by atoms with Gasteiger partial charge in [-0.25, -0.2) is 4.99 Å². The minimum Gasteiger partial charge on any atom is -0.361 e. The molecule has 0 aliphatic rings. The van der Waals surface area contributed by atoms with Crippen molar-refractivity contribution in [3.8, 4) is 0 Å². The van der Waals surface area contributed by atoms with Crippen molar-refractivity contribution in [3.05, 3.63) is 52.9 Å². The summed E-state index contributed by atoms with van der Waals surface area (Å²) in [7, 11) is 1.92. The van der Waals surface area contributed by atoms with Crippen molar-refractivity contribution >= 4 is 52.4 Å². The predicted octanol–water partition coefficient (Wildman–Crippen LogP) is 3.47. The Bertz CT molecular complexity index is 870. The van der Waals surface area contributed by atoms with E-state index in [9.17, 15) is 0 Å². The Labute approximate surface area is 175 Å². The third kappa shape index (κ3) is 5.14. The molecule has 2 aromatic heterocycles. The molecule has 1 aromatic carbocycles. The molecule has 0 amide bonds. The topological polar surface area (TPSA) is 70.0 Å². The summed E-state index contributed by atoms with van der Waals surface area (Å²) in [5.74, 6) is 0.807. The lowest BCUT2D eigenvalue weighted by molar-refractivity contribution is 0.707. The van der Waals surface area contributed by atoms with Gasteiger partial charge in [-0.1, -0.05) is 11.6 Å². The highest BCUT2D eigenvalue weighted by Gasteiger charge is 2.05. The van der Waals surface area contributed by atoms with Gasteiger partial charge in [0.15, 0.2) is 5.96 Å². The van der Waals surface area contributed by atoms with Gasteiger partial charge in [0.25, 0.3) is 0 Å². The fourth-order valence-corrected chi connectivity index (χ4v) is 2.90. The van der Waals surface area contributed by atoms with Crippen LogP contribution in [-0.2, 0) is 20.0 Å². The Kier molecular flexibility index (Phi) is 7.77. The molecule has 0 bridgehead atoms. The summed E-state index contributed by atoms with van der Waals surface area (Å²) in [6.45, 7) is 4.26. The van der Waals surface area contributed by atoms with Crippen LogP contribution in [0.5, 0.6) is 0 Å². The van der Waals surface area contributed by atoms with Gasteiger partial charge in [-0.05, 0) is 43.2 Å². The van der Waals surface area contributed by atoms with Gasteiger partial charge in [-0.2, -0.15) is 5.10 Å². The Morgan fingerprint density at radius 3 is 2.88 bits per heavy atom. The molecule has 26 heavy (non-hydrogen) atoms. The number of aromatic nitrogens is 3. The molecule has 0 radical (unpaired) electrons. The summed E-state index contributed by atoms with van der Waals surface area (Å²) in [5, 5.41) is 12.7. The quantitative estimate of drug-likeness (QED) is 0.284. The highest BCUT2D eigenvalue weighted by atomic mass is 127. The van der Waals surface area contributed by atoms with Crippen LogP contribution in [0.15, 0.2) is 41.7 Å². The molecule has 3 aromatic rings. The number of halogens is 2. The molecule has 0 saturated carbocycles. The zero-order valence-electron chi connectivity index (χ0n) is 14.9. The fraction of sp³-hybridized carbons (Fsp3) is 0.333. The van der Waals surface area contributed by atoms with Gasteiger partial charge in [0.05, 0.1) is 12.2 Å². The van der Waals surface area contributed by atoms with Crippen molar-refractivity contribution in [2.45, 2.75) is 19.9 Å². The molecule has 0 unspecified atom stereocenters. The first-order valence-corrected chi connectivity index (χ1v) is 8.79. The first-order valence-electron chi connectivity index (χ1n) is 8.42.